The quantitative estimate of drug-likeness (QED) is 0.609. The van der Waals surface area contributed by atoms with E-state index in [1.54, 1.807) is 19.1 Å². The summed E-state index contributed by atoms with van der Waals surface area (Å²) in [5.41, 5.74) is 6.64. The van der Waals surface area contributed by atoms with Crippen molar-refractivity contribution < 1.29 is 9.21 Å². The van der Waals surface area contributed by atoms with Gasteiger partial charge in [-0.1, -0.05) is 6.92 Å². The largest absolute Gasteiger partial charge is 0.423 e. The molecule has 5 nitrogen and oxygen atoms in total. The molecule has 0 fully saturated rings. The topological polar surface area (TPSA) is 85.3 Å². The van der Waals surface area contributed by atoms with E-state index < -0.39 is 5.63 Å². The van der Waals surface area contributed by atoms with Gasteiger partial charge in [0, 0.05) is 23.9 Å². The molecule has 17 heavy (non-hydrogen) atoms. The summed E-state index contributed by atoms with van der Waals surface area (Å²) < 4.78 is 4.98. The highest BCUT2D eigenvalue weighted by atomic mass is 16.4. The second kappa shape index (κ2) is 4.29. The van der Waals surface area contributed by atoms with Gasteiger partial charge in [0.15, 0.2) is 0 Å². The van der Waals surface area contributed by atoms with Crippen molar-refractivity contribution in [1.82, 2.24) is 0 Å². The van der Waals surface area contributed by atoms with Gasteiger partial charge < -0.3 is 15.5 Å². The second-order valence-corrected chi connectivity index (χ2v) is 3.63. The Hall–Kier alpha value is -2.30. The molecule has 1 heterocycles. The van der Waals surface area contributed by atoms with E-state index in [1.165, 1.54) is 12.1 Å². The molecule has 2 rings (SSSR count). The molecule has 2 aromatic rings. The van der Waals surface area contributed by atoms with Gasteiger partial charge in [0.1, 0.15) is 5.58 Å². The molecule has 0 spiro atoms. The molecule has 1 amide bonds. The van der Waals surface area contributed by atoms with Gasteiger partial charge in [-0.15, -0.1) is 0 Å². The van der Waals surface area contributed by atoms with Crippen molar-refractivity contribution in [3.63, 3.8) is 0 Å². The zero-order chi connectivity index (χ0) is 12.4. The number of carbonyl (C=O) groups is 1. The van der Waals surface area contributed by atoms with Gasteiger partial charge in [-0.2, -0.15) is 0 Å². The number of rotatable bonds is 2. The van der Waals surface area contributed by atoms with Crippen LogP contribution in [0.4, 0.5) is 11.4 Å². The van der Waals surface area contributed by atoms with Gasteiger partial charge in [-0.25, -0.2) is 4.79 Å². The summed E-state index contributed by atoms with van der Waals surface area (Å²) in [7, 11) is 0. The molecule has 0 aliphatic carbocycles. The van der Waals surface area contributed by atoms with Crippen LogP contribution in [0, 0.1) is 0 Å². The van der Waals surface area contributed by atoms with Gasteiger partial charge in [-0.05, 0) is 12.1 Å². The summed E-state index contributed by atoms with van der Waals surface area (Å²) in [6.07, 6.45) is 0.376. The van der Waals surface area contributed by atoms with Gasteiger partial charge in [0.25, 0.3) is 0 Å². The predicted molar refractivity (Wildman–Crippen MR) is 65.8 cm³/mol. The molecular formula is C12H12N2O3. The Bertz CT molecular complexity index is 631. The smallest absolute Gasteiger partial charge is 0.336 e. The number of nitrogen functional groups attached to an aromatic ring is 1. The van der Waals surface area contributed by atoms with Crippen LogP contribution in [0.3, 0.4) is 0 Å². The van der Waals surface area contributed by atoms with E-state index in [0.29, 0.717) is 28.8 Å². The van der Waals surface area contributed by atoms with Crippen LogP contribution in [0.1, 0.15) is 13.3 Å². The number of nitrogens with one attached hydrogen (secondary N) is 1. The lowest BCUT2D eigenvalue weighted by Gasteiger charge is -2.08. The fourth-order valence-electron chi connectivity index (χ4n) is 1.48. The number of nitrogens with two attached hydrogens (primary N) is 1. The molecule has 0 saturated carbocycles. The zero-order valence-corrected chi connectivity index (χ0v) is 9.32. The molecule has 88 valence electrons. The molecule has 5 heteroatoms. The number of fused-ring (bicyclic) bond motifs is 1. The van der Waals surface area contributed by atoms with Crippen molar-refractivity contribution in [2.24, 2.45) is 0 Å². The van der Waals surface area contributed by atoms with E-state index in [4.69, 9.17) is 10.2 Å². The molecule has 0 atom stereocenters. The van der Waals surface area contributed by atoms with E-state index >= 15 is 0 Å². The van der Waals surface area contributed by atoms with Crippen LogP contribution in [0.2, 0.25) is 0 Å². The maximum Gasteiger partial charge on any atom is 0.336 e. The van der Waals surface area contributed by atoms with Crippen LogP contribution in [0.25, 0.3) is 11.0 Å². The molecule has 0 aliphatic rings. The minimum Gasteiger partial charge on any atom is -0.423 e. The summed E-state index contributed by atoms with van der Waals surface area (Å²) >= 11 is 0. The fourth-order valence-corrected chi connectivity index (χ4v) is 1.48. The Morgan fingerprint density at radius 3 is 2.88 bits per heavy atom. The maximum atomic E-state index is 11.3. The highest BCUT2D eigenvalue weighted by molar-refractivity contribution is 5.97. The monoisotopic (exact) mass is 232 g/mol. The summed E-state index contributed by atoms with van der Waals surface area (Å²) in [6.45, 7) is 1.76. The van der Waals surface area contributed by atoms with E-state index in [0.717, 1.165) is 0 Å². The highest BCUT2D eigenvalue weighted by Gasteiger charge is 2.06. The van der Waals surface area contributed by atoms with Crippen LogP contribution in [0.5, 0.6) is 0 Å². The normalized spacial score (nSPS) is 10.4. The van der Waals surface area contributed by atoms with E-state index in [2.05, 4.69) is 5.32 Å². The molecule has 3 N–H and O–H groups in total. The molecule has 0 unspecified atom stereocenters. The van der Waals surface area contributed by atoms with Crippen molar-refractivity contribution in [3.05, 3.63) is 34.7 Å². The van der Waals surface area contributed by atoms with Crippen LogP contribution >= 0.6 is 0 Å². The Kier molecular flexibility index (Phi) is 2.82. The number of amides is 1. The summed E-state index contributed by atoms with van der Waals surface area (Å²) in [5.74, 6) is -0.117. The van der Waals surface area contributed by atoms with Crippen LogP contribution in [-0.4, -0.2) is 5.91 Å². The van der Waals surface area contributed by atoms with Crippen molar-refractivity contribution in [1.29, 1.82) is 0 Å². The Morgan fingerprint density at radius 1 is 1.41 bits per heavy atom. The number of hydrogen-bond donors (Lipinski definition) is 2. The van der Waals surface area contributed by atoms with Crippen molar-refractivity contribution >= 4 is 28.3 Å². The first-order valence-electron chi connectivity index (χ1n) is 5.23. The van der Waals surface area contributed by atoms with Crippen LogP contribution < -0.4 is 16.7 Å². The Balaban J connectivity index is 2.52. The number of hydrogen-bond acceptors (Lipinski definition) is 4. The number of benzene rings is 1. The standard InChI is InChI=1S/C12H12N2O3/c1-2-11(15)14-9-5-7-3-4-12(16)17-10(7)6-8(9)13/h3-6H,2,13H2,1H3,(H,14,15). The summed E-state index contributed by atoms with van der Waals surface area (Å²) in [4.78, 5) is 22.3. The second-order valence-electron chi connectivity index (χ2n) is 3.63. The number of carbonyl (C=O) groups excluding carboxylic acids is 1. The Labute approximate surface area is 97.2 Å². The third kappa shape index (κ3) is 2.28. The molecule has 0 radical (unpaired) electrons. The Morgan fingerprint density at radius 2 is 2.18 bits per heavy atom. The van der Waals surface area contributed by atoms with Crippen LogP contribution in [0.15, 0.2) is 33.5 Å². The van der Waals surface area contributed by atoms with Gasteiger partial charge in [0.2, 0.25) is 5.91 Å². The SMILES string of the molecule is CCC(=O)Nc1cc2ccc(=O)oc2cc1N. The lowest BCUT2D eigenvalue weighted by Crippen LogP contribution is -2.11. The molecule has 0 saturated heterocycles. The number of anilines is 2. The molecule has 1 aromatic heterocycles. The predicted octanol–water partition coefficient (Wildman–Crippen LogP) is 1.72. The molecule has 0 bridgehead atoms. The van der Waals surface area contributed by atoms with Crippen LogP contribution in [-0.2, 0) is 4.79 Å². The van der Waals surface area contributed by atoms with Crippen molar-refractivity contribution in [2.45, 2.75) is 13.3 Å². The van der Waals surface area contributed by atoms with Crippen molar-refractivity contribution in [2.75, 3.05) is 11.1 Å². The summed E-state index contributed by atoms with van der Waals surface area (Å²) in [6, 6.07) is 6.16. The molecular weight excluding hydrogens is 220 g/mol. The van der Waals surface area contributed by atoms with E-state index in [9.17, 15) is 9.59 Å². The minimum absolute atomic E-state index is 0.117. The van der Waals surface area contributed by atoms with Gasteiger partial charge >= 0.3 is 5.63 Å². The van der Waals surface area contributed by atoms with Gasteiger partial charge in [0.05, 0.1) is 11.4 Å². The fraction of sp³-hybridized carbons (Fsp3) is 0.167. The van der Waals surface area contributed by atoms with E-state index in [-0.39, 0.29) is 5.91 Å². The first kappa shape index (κ1) is 11.2. The lowest BCUT2D eigenvalue weighted by molar-refractivity contribution is -0.115. The minimum atomic E-state index is -0.428. The maximum absolute atomic E-state index is 11.3. The lowest BCUT2D eigenvalue weighted by atomic mass is 10.2. The first-order chi connectivity index (χ1) is 8.10. The van der Waals surface area contributed by atoms with Crippen molar-refractivity contribution in [3.8, 4) is 0 Å². The molecule has 0 aliphatic heterocycles. The average Bonchev–Trinajstić information content (AvgIpc) is 2.30. The summed E-state index contributed by atoms with van der Waals surface area (Å²) in [5, 5.41) is 3.40. The first-order valence-corrected chi connectivity index (χ1v) is 5.23. The average molecular weight is 232 g/mol. The zero-order valence-electron chi connectivity index (χ0n) is 9.32. The molecule has 1 aromatic carbocycles. The van der Waals surface area contributed by atoms with E-state index in [1.807, 2.05) is 0 Å². The van der Waals surface area contributed by atoms with Gasteiger partial charge in [-0.3, -0.25) is 4.79 Å². The third-order valence-electron chi connectivity index (χ3n) is 2.39. The highest BCUT2D eigenvalue weighted by Crippen LogP contribution is 2.25. The third-order valence-corrected chi connectivity index (χ3v) is 2.39.